The second kappa shape index (κ2) is 5.93. The van der Waals surface area contributed by atoms with Gasteiger partial charge in [-0.05, 0) is 19.9 Å². The number of nitrogens with one attached hydrogen (secondary N) is 1. The van der Waals surface area contributed by atoms with E-state index in [9.17, 15) is 0 Å². The average Bonchev–Trinajstić information content (AvgIpc) is 2.40. The van der Waals surface area contributed by atoms with Gasteiger partial charge in [0.05, 0.1) is 24.2 Å². The van der Waals surface area contributed by atoms with Gasteiger partial charge in [0.15, 0.2) is 0 Å². The normalized spacial score (nSPS) is 20.6. The maximum absolute atomic E-state index is 5.41. The van der Waals surface area contributed by atoms with E-state index in [4.69, 9.17) is 4.74 Å². The molecule has 1 aliphatic heterocycles. The molecule has 1 saturated heterocycles. The van der Waals surface area contributed by atoms with E-state index in [1.54, 1.807) is 7.11 Å². The van der Waals surface area contributed by atoms with Crippen molar-refractivity contribution in [1.29, 1.82) is 0 Å². The Labute approximate surface area is 102 Å². The predicted octanol–water partition coefficient (Wildman–Crippen LogP) is 0.811. The maximum Gasteiger partial charge on any atom is 0.147 e. The monoisotopic (exact) mass is 236 g/mol. The zero-order chi connectivity index (χ0) is 12.1. The van der Waals surface area contributed by atoms with Crippen LogP contribution >= 0.6 is 0 Å². The molecule has 1 atom stereocenters. The summed E-state index contributed by atoms with van der Waals surface area (Å²) >= 11 is 0. The molecule has 17 heavy (non-hydrogen) atoms. The second-order valence-corrected chi connectivity index (χ2v) is 4.34. The molecule has 5 heteroatoms. The molecule has 1 fully saturated rings. The number of nitrogens with zero attached hydrogens (tertiary/aromatic N) is 3. The molecule has 1 aromatic heterocycles. The summed E-state index contributed by atoms with van der Waals surface area (Å²) in [6, 6.07) is 0. The van der Waals surface area contributed by atoms with Gasteiger partial charge in [-0.2, -0.15) is 0 Å². The van der Waals surface area contributed by atoms with Gasteiger partial charge < -0.3 is 15.0 Å². The SMILES string of the molecule is CNCc1cnc(N2CCCC(OC)C2)cn1. The lowest BCUT2D eigenvalue weighted by molar-refractivity contribution is 0.0891. The Balaban J connectivity index is 2.01. The Kier molecular flexibility index (Phi) is 4.28. The van der Waals surface area contributed by atoms with Crippen molar-refractivity contribution in [3.05, 3.63) is 18.1 Å². The molecule has 1 aromatic rings. The highest BCUT2D eigenvalue weighted by Gasteiger charge is 2.20. The Morgan fingerprint density at radius 3 is 3.00 bits per heavy atom. The molecule has 0 bridgehead atoms. The lowest BCUT2D eigenvalue weighted by Gasteiger charge is -2.32. The molecule has 0 saturated carbocycles. The Bertz CT molecular complexity index is 341. The summed E-state index contributed by atoms with van der Waals surface area (Å²) in [5.41, 5.74) is 0.969. The van der Waals surface area contributed by atoms with Crippen molar-refractivity contribution in [1.82, 2.24) is 15.3 Å². The minimum absolute atomic E-state index is 0.322. The Hall–Kier alpha value is -1.20. The zero-order valence-electron chi connectivity index (χ0n) is 10.5. The van der Waals surface area contributed by atoms with Gasteiger partial charge in [0.25, 0.3) is 0 Å². The number of aromatic nitrogens is 2. The Morgan fingerprint density at radius 2 is 2.35 bits per heavy atom. The first-order chi connectivity index (χ1) is 8.33. The van der Waals surface area contributed by atoms with Crippen LogP contribution in [0.2, 0.25) is 0 Å². The number of hydrogen-bond donors (Lipinski definition) is 1. The number of ether oxygens (including phenoxy) is 1. The van der Waals surface area contributed by atoms with Crippen molar-refractivity contribution in [2.75, 3.05) is 32.1 Å². The van der Waals surface area contributed by atoms with Crippen LogP contribution in [0.5, 0.6) is 0 Å². The fraction of sp³-hybridized carbons (Fsp3) is 0.667. The molecule has 2 heterocycles. The molecule has 0 amide bonds. The topological polar surface area (TPSA) is 50.3 Å². The maximum atomic E-state index is 5.41. The van der Waals surface area contributed by atoms with Gasteiger partial charge in [0, 0.05) is 26.7 Å². The number of hydrogen-bond acceptors (Lipinski definition) is 5. The number of piperidine rings is 1. The highest BCUT2D eigenvalue weighted by molar-refractivity contribution is 5.36. The second-order valence-electron chi connectivity index (χ2n) is 4.34. The van der Waals surface area contributed by atoms with Crippen molar-refractivity contribution >= 4 is 5.82 Å². The van der Waals surface area contributed by atoms with E-state index in [0.717, 1.165) is 44.0 Å². The standard InChI is InChI=1S/C12H20N4O/c1-13-6-10-7-15-12(8-14-10)16-5-3-4-11(9-16)17-2/h7-8,11,13H,3-6,9H2,1-2H3. The minimum Gasteiger partial charge on any atom is -0.380 e. The van der Waals surface area contributed by atoms with Crippen LogP contribution in [-0.4, -0.2) is 43.3 Å². The van der Waals surface area contributed by atoms with Gasteiger partial charge >= 0.3 is 0 Å². The number of rotatable bonds is 4. The third-order valence-corrected chi connectivity index (χ3v) is 3.09. The van der Waals surface area contributed by atoms with Gasteiger partial charge in [-0.1, -0.05) is 0 Å². The number of methoxy groups -OCH3 is 1. The van der Waals surface area contributed by atoms with E-state index in [1.165, 1.54) is 0 Å². The fourth-order valence-electron chi connectivity index (χ4n) is 2.12. The lowest BCUT2D eigenvalue weighted by Crippen LogP contribution is -2.39. The van der Waals surface area contributed by atoms with Gasteiger partial charge in [0.1, 0.15) is 5.82 Å². The summed E-state index contributed by atoms with van der Waals surface area (Å²) in [7, 11) is 3.68. The Morgan fingerprint density at radius 1 is 1.47 bits per heavy atom. The van der Waals surface area contributed by atoms with Crippen LogP contribution in [0.15, 0.2) is 12.4 Å². The van der Waals surface area contributed by atoms with Crippen molar-refractivity contribution in [3.63, 3.8) is 0 Å². The van der Waals surface area contributed by atoms with Crippen molar-refractivity contribution < 1.29 is 4.74 Å². The van der Waals surface area contributed by atoms with E-state index in [0.29, 0.717) is 6.10 Å². The summed E-state index contributed by atoms with van der Waals surface area (Å²) in [4.78, 5) is 11.1. The molecule has 0 aromatic carbocycles. The van der Waals surface area contributed by atoms with Gasteiger partial charge in [-0.25, -0.2) is 4.98 Å². The van der Waals surface area contributed by atoms with E-state index < -0.39 is 0 Å². The van der Waals surface area contributed by atoms with Gasteiger partial charge in [-0.15, -0.1) is 0 Å². The van der Waals surface area contributed by atoms with Crippen LogP contribution in [0.3, 0.4) is 0 Å². The molecule has 94 valence electrons. The molecular weight excluding hydrogens is 216 g/mol. The highest BCUT2D eigenvalue weighted by Crippen LogP contribution is 2.18. The first kappa shape index (κ1) is 12.3. The van der Waals surface area contributed by atoms with Crippen molar-refractivity contribution in [2.24, 2.45) is 0 Å². The lowest BCUT2D eigenvalue weighted by atomic mass is 10.1. The quantitative estimate of drug-likeness (QED) is 0.838. The summed E-state index contributed by atoms with van der Waals surface area (Å²) in [5.74, 6) is 0.951. The highest BCUT2D eigenvalue weighted by atomic mass is 16.5. The molecule has 2 rings (SSSR count). The van der Waals surface area contributed by atoms with Crippen molar-refractivity contribution in [3.8, 4) is 0 Å². The summed E-state index contributed by atoms with van der Waals surface area (Å²) in [6.07, 6.45) is 6.30. The van der Waals surface area contributed by atoms with Gasteiger partial charge in [-0.3, -0.25) is 4.98 Å². The zero-order valence-corrected chi connectivity index (χ0v) is 10.5. The minimum atomic E-state index is 0.322. The van der Waals surface area contributed by atoms with Crippen LogP contribution in [0.1, 0.15) is 18.5 Å². The van der Waals surface area contributed by atoms with Crippen LogP contribution in [0, 0.1) is 0 Å². The molecule has 1 unspecified atom stereocenters. The first-order valence-electron chi connectivity index (χ1n) is 6.06. The smallest absolute Gasteiger partial charge is 0.147 e. The average molecular weight is 236 g/mol. The molecule has 0 spiro atoms. The largest absolute Gasteiger partial charge is 0.380 e. The van der Waals surface area contributed by atoms with E-state index in [-0.39, 0.29) is 0 Å². The molecule has 1 aliphatic rings. The molecule has 0 radical (unpaired) electrons. The van der Waals surface area contributed by atoms with Crippen molar-refractivity contribution in [2.45, 2.75) is 25.5 Å². The first-order valence-corrected chi connectivity index (χ1v) is 6.06. The predicted molar refractivity (Wildman–Crippen MR) is 67.0 cm³/mol. The van der Waals surface area contributed by atoms with Crippen LogP contribution in [0.25, 0.3) is 0 Å². The van der Waals surface area contributed by atoms with Crippen LogP contribution < -0.4 is 10.2 Å². The fourth-order valence-corrected chi connectivity index (χ4v) is 2.12. The third kappa shape index (κ3) is 3.14. The van der Waals surface area contributed by atoms with Gasteiger partial charge in [0.2, 0.25) is 0 Å². The molecule has 0 aliphatic carbocycles. The molecular formula is C12H20N4O. The van der Waals surface area contributed by atoms with E-state index in [2.05, 4.69) is 20.2 Å². The summed E-state index contributed by atoms with van der Waals surface area (Å²) < 4.78 is 5.41. The molecule has 1 N–H and O–H groups in total. The number of anilines is 1. The summed E-state index contributed by atoms with van der Waals surface area (Å²) in [6.45, 7) is 2.71. The van der Waals surface area contributed by atoms with Crippen LogP contribution in [-0.2, 0) is 11.3 Å². The summed E-state index contributed by atoms with van der Waals surface area (Å²) in [5, 5.41) is 3.06. The van der Waals surface area contributed by atoms with Crippen LogP contribution in [0.4, 0.5) is 5.82 Å². The molecule has 5 nitrogen and oxygen atoms in total. The van der Waals surface area contributed by atoms with E-state index >= 15 is 0 Å². The van der Waals surface area contributed by atoms with E-state index in [1.807, 2.05) is 19.4 Å². The third-order valence-electron chi connectivity index (χ3n) is 3.09.